The van der Waals surface area contributed by atoms with Gasteiger partial charge in [-0.25, -0.2) is 4.39 Å². The molecule has 1 aromatic carbocycles. The van der Waals surface area contributed by atoms with Crippen LogP contribution in [0.5, 0.6) is 5.75 Å². The fraction of sp³-hybridized carbons (Fsp3) is 0.100. The van der Waals surface area contributed by atoms with Gasteiger partial charge in [0.15, 0.2) is 11.6 Å². The van der Waals surface area contributed by atoms with Crippen LogP contribution in [0.2, 0.25) is 0 Å². The lowest BCUT2D eigenvalue weighted by atomic mass is 10.2. The molecule has 0 spiro atoms. The Kier molecular flexibility index (Phi) is 3.04. The van der Waals surface area contributed by atoms with E-state index in [0.29, 0.717) is 6.29 Å². The van der Waals surface area contributed by atoms with Crippen LogP contribution in [0.1, 0.15) is 12.0 Å². The van der Waals surface area contributed by atoms with Crippen molar-refractivity contribution in [3.05, 3.63) is 29.6 Å². The van der Waals surface area contributed by atoms with Crippen LogP contribution in [0.15, 0.2) is 18.2 Å². The molecule has 1 rings (SSSR count). The number of rotatable bonds is 1. The maximum atomic E-state index is 13.0. The molecule has 0 bridgehead atoms. The van der Waals surface area contributed by atoms with Crippen molar-refractivity contribution in [3.8, 4) is 17.6 Å². The molecule has 0 saturated carbocycles. The van der Waals surface area contributed by atoms with Crippen LogP contribution >= 0.6 is 0 Å². The van der Waals surface area contributed by atoms with Crippen LogP contribution in [-0.2, 0) is 4.79 Å². The zero-order valence-corrected chi connectivity index (χ0v) is 6.75. The first-order chi connectivity index (χ1) is 6.25. The Morgan fingerprint density at radius 3 is 3.00 bits per heavy atom. The van der Waals surface area contributed by atoms with Crippen molar-refractivity contribution in [2.75, 3.05) is 0 Å². The smallest absolute Gasteiger partial charge is 0.180 e. The molecule has 2 nitrogen and oxygen atoms in total. The lowest BCUT2D eigenvalue weighted by Crippen LogP contribution is -1.83. The number of phenols is 1. The van der Waals surface area contributed by atoms with Crippen LogP contribution in [0, 0.1) is 17.7 Å². The summed E-state index contributed by atoms with van der Waals surface area (Å²) in [5.74, 6) is 3.71. The van der Waals surface area contributed by atoms with E-state index >= 15 is 0 Å². The van der Waals surface area contributed by atoms with Gasteiger partial charge in [0.2, 0.25) is 0 Å². The van der Waals surface area contributed by atoms with Crippen molar-refractivity contribution in [1.29, 1.82) is 0 Å². The molecule has 1 N–H and O–H groups in total. The highest BCUT2D eigenvalue weighted by molar-refractivity contribution is 5.55. The number of hydrogen-bond donors (Lipinski definition) is 1. The zero-order valence-electron chi connectivity index (χ0n) is 6.75. The molecule has 0 aliphatic rings. The summed E-state index contributed by atoms with van der Waals surface area (Å²) in [7, 11) is 0. The minimum Gasteiger partial charge on any atom is -0.505 e. The van der Waals surface area contributed by atoms with Crippen molar-refractivity contribution < 1.29 is 14.3 Å². The second kappa shape index (κ2) is 4.27. The average molecular weight is 178 g/mol. The van der Waals surface area contributed by atoms with Gasteiger partial charge in [-0.15, -0.1) is 0 Å². The molecule has 0 aliphatic carbocycles. The van der Waals surface area contributed by atoms with Gasteiger partial charge in [-0.3, -0.25) is 0 Å². The summed E-state index contributed by atoms with van der Waals surface area (Å²) >= 11 is 0. The van der Waals surface area contributed by atoms with E-state index in [0.717, 1.165) is 0 Å². The normalized spacial score (nSPS) is 8.69. The van der Waals surface area contributed by atoms with Crippen molar-refractivity contribution in [1.82, 2.24) is 0 Å². The van der Waals surface area contributed by atoms with Gasteiger partial charge in [0.05, 0.1) is 12.0 Å². The molecule has 0 radical (unpaired) electrons. The largest absolute Gasteiger partial charge is 0.505 e. The highest BCUT2D eigenvalue weighted by Crippen LogP contribution is 2.17. The monoisotopic (exact) mass is 178 g/mol. The number of aldehydes is 1. The molecule has 0 fully saturated rings. The van der Waals surface area contributed by atoms with Crippen LogP contribution in [0.4, 0.5) is 4.39 Å². The van der Waals surface area contributed by atoms with Crippen molar-refractivity contribution in [2.24, 2.45) is 0 Å². The first-order valence-electron chi connectivity index (χ1n) is 3.65. The third kappa shape index (κ3) is 2.31. The third-order valence-electron chi connectivity index (χ3n) is 1.39. The summed E-state index contributed by atoms with van der Waals surface area (Å²) < 4.78 is 13.0. The molecule has 0 unspecified atom stereocenters. The third-order valence-corrected chi connectivity index (χ3v) is 1.39. The molecular weight excluding hydrogens is 171 g/mol. The minimum atomic E-state index is -0.749. The summed E-state index contributed by atoms with van der Waals surface area (Å²) in [5, 5.41) is 8.94. The Morgan fingerprint density at radius 1 is 1.54 bits per heavy atom. The molecule has 0 atom stereocenters. The maximum absolute atomic E-state index is 13.0. The Morgan fingerprint density at radius 2 is 2.31 bits per heavy atom. The topological polar surface area (TPSA) is 37.3 Å². The first kappa shape index (κ1) is 9.27. The summed E-state index contributed by atoms with van der Waals surface area (Å²) in [4.78, 5) is 9.90. The number of halogens is 1. The van der Waals surface area contributed by atoms with Gasteiger partial charge in [-0.2, -0.15) is 0 Å². The Balaban J connectivity index is 2.97. The predicted octanol–water partition coefficient (Wildman–Crippen LogP) is 1.47. The number of hydrogen-bond acceptors (Lipinski definition) is 2. The molecule has 66 valence electrons. The van der Waals surface area contributed by atoms with Gasteiger partial charge in [0.25, 0.3) is 0 Å². The van der Waals surface area contributed by atoms with Crippen molar-refractivity contribution in [3.63, 3.8) is 0 Å². The Hall–Kier alpha value is -1.82. The molecule has 13 heavy (non-hydrogen) atoms. The van der Waals surface area contributed by atoms with E-state index in [9.17, 15) is 9.18 Å². The molecule has 1 aromatic rings. The molecule has 0 aromatic heterocycles. The summed E-state index contributed by atoms with van der Waals surface area (Å²) in [6.07, 6.45) is 0.697. The maximum Gasteiger partial charge on any atom is 0.180 e. The van der Waals surface area contributed by atoms with E-state index < -0.39 is 11.6 Å². The second-order valence-electron chi connectivity index (χ2n) is 2.31. The second-order valence-corrected chi connectivity index (χ2v) is 2.31. The van der Waals surface area contributed by atoms with Crippen molar-refractivity contribution >= 4 is 6.29 Å². The number of aromatic hydroxyl groups is 1. The molecule has 3 heteroatoms. The van der Waals surface area contributed by atoms with E-state index in [-0.39, 0.29) is 12.0 Å². The SMILES string of the molecule is O=CCC#Cc1cccc(O)c1F. The Bertz CT molecular complexity index is 374. The van der Waals surface area contributed by atoms with Crippen LogP contribution in [0.25, 0.3) is 0 Å². The Labute approximate surface area is 75.0 Å². The molecule has 0 aliphatic heterocycles. The average Bonchev–Trinajstić information content (AvgIpc) is 2.13. The van der Waals surface area contributed by atoms with Gasteiger partial charge >= 0.3 is 0 Å². The van der Waals surface area contributed by atoms with Gasteiger partial charge in [0, 0.05) is 0 Å². The van der Waals surface area contributed by atoms with Crippen LogP contribution in [-0.4, -0.2) is 11.4 Å². The van der Waals surface area contributed by atoms with E-state index in [1.165, 1.54) is 18.2 Å². The molecule has 0 saturated heterocycles. The van der Waals surface area contributed by atoms with Gasteiger partial charge in [0.1, 0.15) is 6.29 Å². The quantitative estimate of drug-likeness (QED) is 0.522. The van der Waals surface area contributed by atoms with Gasteiger partial charge in [-0.05, 0) is 12.1 Å². The van der Waals surface area contributed by atoms with E-state index in [1.54, 1.807) is 0 Å². The first-order valence-corrected chi connectivity index (χ1v) is 3.65. The van der Waals surface area contributed by atoms with Gasteiger partial charge < -0.3 is 9.90 Å². The standard InChI is InChI=1S/C10H7FO2/c11-10-8(4-1-2-7-12)5-3-6-9(10)13/h3,5-7,13H,2H2. The van der Waals surface area contributed by atoms with E-state index in [2.05, 4.69) is 11.8 Å². The fourth-order valence-electron chi connectivity index (χ4n) is 0.804. The van der Waals surface area contributed by atoms with Gasteiger partial charge in [-0.1, -0.05) is 17.9 Å². The highest BCUT2D eigenvalue weighted by Gasteiger charge is 2.02. The lowest BCUT2D eigenvalue weighted by Gasteiger charge is -1.95. The number of carbonyl (C=O) groups is 1. The summed E-state index contributed by atoms with van der Waals surface area (Å²) in [6.45, 7) is 0. The summed E-state index contributed by atoms with van der Waals surface area (Å²) in [6, 6.07) is 4.16. The van der Waals surface area contributed by atoms with Crippen LogP contribution < -0.4 is 0 Å². The number of phenolic OH excluding ortho intramolecular Hbond substituents is 1. The fourth-order valence-corrected chi connectivity index (χ4v) is 0.804. The summed E-state index contributed by atoms with van der Waals surface area (Å²) in [5.41, 5.74) is 0.0989. The number of benzene rings is 1. The molecule has 0 heterocycles. The van der Waals surface area contributed by atoms with Crippen molar-refractivity contribution in [2.45, 2.75) is 6.42 Å². The van der Waals surface area contributed by atoms with E-state index in [4.69, 9.17) is 5.11 Å². The zero-order chi connectivity index (χ0) is 9.68. The predicted molar refractivity (Wildman–Crippen MR) is 45.6 cm³/mol. The van der Waals surface area contributed by atoms with E-state index in [1.807, 2.05) is 0 Å². The highest BCUT2D eigenvalue weighted by atomic mass is 19.1. The minimum absolute atomic E-state index is 0.0646. The lowest BCUT2D eigenvalue weighted by molar-refractivity contribution is -0.107. The number of carbonyl (C=O) groups excluding carboxylic acids is 1. The molecular formula is C10H7FO2. The van der Waals surface area contributed by atoms with Crippen LogP contribution in [0.3, 0.4) is 0 Å². The molecule has 0 amide bonds.